The third-order valence-corrected chi connectivity index (χ3v) is 4.29. The molecule has 3 nitrogen and oxygen atoms in total. The molecule has 1 aliphatic heterocycles. The van der Waals surface area contributed by atoms with Crippen LogP contribution < -0.4 is 0 Å². The van der Waals surface area contributed by atoms with Gasteiger partial charge in [-0.25, -0.2) is 0 Å². The van der Waals surface area contributed by atoms with Gasteiger partial charge in [0, 0.05) is 18.0 Å². The number of hydrogen-bond donors (Lipinski definition) is 1. The number of phenols is 1. The van der Waals surface area contributed by atoms with Gasteiger partial charge in [0.2, 0.25) is 5.91 Å². The Morgan fingerprint density at radius 3 is 2.83 bits per heavy atom. The van der Waals surface area contributed by atoms with Crippen LogP contribution in [0.4, 0.5) is 0 Å². The van der Waals surface area contributed by atoms with Crippen LogP contribution >= 0.6 is 11.8 Å². The molecular weight excluding hydrogens is 246 g/mol. The molecule has 0 radical (unpaired) electrons. The molecule has 0 saturated carbocycles. The Balaban J connectivity index is 1.81. The Hall–Kier alpha value is -1.16. The van der Waals surface area contributed by atoms with Crippen molar-refractivity contribution < 1.29 is 9.90 Å². The van der Waals surface area contributed by atoms with Crippen LogP contribution in [0.5, 0.6) is 5.75 Å². The zero-order valence-corrected chi connectivity index (χ0v) is 11.4. The fraction of sp³-hybridized carbons (Fsp3) is 0.500. The normalized spacial score (nSPS) is 16.8. The second kappa shape index (κ2) is 6.14. The van der Waals surface area contributed by atoms with Crippen molar-refractivity contribution in [2.75, 3.05) is 18.8 Å². The first-order valence-electron chi connectivity index (χ1n) is 6.35. The Morgan fingerprint density at radius 2 is 2.17 bits per heavy atom. The van der Waals surface area contributed by atoms with Gasteiger partial charge in [-0.2, -0.15) is 0 Å². The number of amides is 1. The number of nitrogens with zero attached hydrogens (tertiary/aromatic N) is 1. The monoisotopic (exact) mass is 265 g/mol. The first-order chi connectivity index (χ1) is 8.65. The molecular formula is C14H19NO2S. The minimum atomic E-state index is 0.204. The maximum atomic E-state index is 12.0. The molecule has 1 fully saturated rings. The minimum absolute atomic E-state index is 0.204. The van der Waals surface area contributed by atoms with Crippen LogP contribution in [0.3, 0.4) is 0 Å². The van der Waals surface area contributed by atoms with E-state index >= 15 is 0 Å². The van der Waals surface area contributed by atoms with Crippen molar-refractivity contribution in [3.05, 3.63) is 24.3 Å². The van der Waals surface area contributed by atoms with Crippen molar-refractivity contribution in [1.29, 1.82) is 0 Å². The molecule has 1 N–H and O–H groups in total. The van der Waals surface area contributed by atoms with Crippen molar-refractivity contribution in [2.24, 2.45) is 5.92 Å². The molecule has 0 atom stereocenters. The first-order valence-corrected chi connectivity index (χ1v) is 7.33. The maximum Gasteiger partial charge on any atom is 0.232 e. The van der Waals surface area contributed by atoms with Gasteiger partial charge in [0.1, 0.15) is 5.75 Å². The van der Waals surface area contributed by atoms with Crippen LogP contribution in [0.2, 0.25) is 0 Å². The van der Waals surface area contributed by atoms with Gasteiger partial charge in [0.05, 0.1) is 5.75 Å². The number of aromatic hydroxyl groups is 1. The molecule has 18 heavy (non-hydrogen) atoms. The number of phenolic OH excluding ortho intramolecular Hbond substituents is 1. The van der Waals surface area contributed by atoms with E-state index in [1.807, 2.05) is 11.0 Å². The summed E-state index contributed by atoms with van der Waals surface area (Å²) in [6.45, 7) is 4.02. The molecule has 98 valence electrons. The van der Waals surface area contributed by atoms with E-state index in [0.717, 1.165) is 36.7 Å². The Morgan fingerprint density at radius 1 is 1.44 bits per heavy atom. The number of carbonyl (C=O) groups excluding carboxylic acids is 1. The molecule has 4 heteroatoms. The van der Waals surface area contributed by atoms with Crippen molar-refractivity contribution in [3.63, 3.8) is 0 Å². The summed E-state index contributed by atoms with van der Waals surface area (Å²) in [6, 6.07) is 7.04. The molecule has 1 heterocycles. The van der Waals surface area contributed by atoms with E-state index < -0.39 is 0 Å². The van der Waals surface area contributed by atoms with Gasteiger partial charge in [-0.1, -0.05) is 13.0 Å². The summed E-state index contributed by atoms with van der Waals surface area (Å²) < 4.78 is 0. The Kier molecular flexibility index (Phi) is 4.53. The maximum absolute atomic E-state index is 12.0. The molecule has 0 spiro atoms. The Bertz CT molecular complexity index is 414. The van der Waals surface area contributed by atoms with E-state index in [9.17, 15) is 9.90 Å². The number of hydrogen-bond acceptors (Lipinski definition) is 3. The fourth-order valence-electron chi connectivity index (χ4n) is 2.07. The lowest BCUT2D eigenvalue weighted by Crippen LogP contribution is -2.38. The molecule has 0 bridgehead atoms. The average molecular weight is 265 g/mol. The van der Waals surface area contributed by atoms with E-state index in [-0.39, 0.29) is 11.7 Å². The van der Waals surface area contributed by atoms with Gasteiger partial charge in [-0.15, -0.1) is 11.8 Å². The van der Waals surface area contributed by atoms with E-state index in [0.29, 0.717) is 5.75 Å². The number of carbonyl (C=O) groups is 1. The fourth-order valence-corrected chi connectivity index (χ4v) is 2.92. The summed E-state index contributed by atoms with van der Waals surface area (Å²) in [4.78, 5) is 14.9. The minimum Gasteiger partial charge on any atom is -0.508 e. The van der Waals surface area contributed by atoms with Gasteiger partial charge in [0.25, 0.3) is 0 Å². The average Bonchev–Trinajstić information content (AvgIpc) is 2.37. The van der Waals surface area contributed by atoms with Crippen LogP contribution in [-0.2, 0) is 4.79 Å². The van der Waals surface area contributed by atoms with Crippen LogP contribution in [0.15, 0.2) is 29.2 Å². The first kappa shape index (κ1) is 13.3. The molecule has 1 aliphatic rings. The van der Waals surface area contributed by atoms with Gasteiger partial charge >= 0.3 is 0 Å². The quantitative estimate of drug-likeness (QED) is 0.854. The molecule has 1 saturated heterocycles. The molecule has 0 aromatic heterocycles. The second-order valence-corrected chi connectivity index (χ2v) is 5.90. The summed E-state index contributed by atoms with van der Waals surface area (Å²) in [7, 11) is 0. The zero-order chi connectivity index (χ0) is 13.0. The van der Waals surface area contributed by atoms with Crippen molar-refractivity contribution >= 4 is 17.7 Å². The van der Waals surface area contributed by atoms with Crippen molar-refractivity contribution in [2.45, 2.75) is 24.7 Å². The molecule has 1 aromatic carbocycles. The lowest BCUT2D eigenvalue weighted by molar-refractivity contribution is -0.129. The zero-order valence-electron chi connectivity index (χ0n) is 10.6. The van der Waals surface area contributed by atoms with Crippen LogP contribution in [0, 0.1) is 5.92 Å². The second-order valence-electron chi connectivity index (χ2n) is 4.85. The lowest BCUT2D eigenvalue weighted by atomic mass is 9.99. The summed E-state index contributed by atoms with van der Waals surface area (Å²) >= 11 is 1.49. The van der Waals surface area contributed by atoms with E-state index in [4.69, 9.17) is 0 Å². The number of piperidine rings is 1. The highest BCUT2D eigenvalue weighted by atomic mass is 32.2. The largest absolute Gasteiger partial charge is 0.508 e. The van der Waals surface area contributed by atoms with Crippen LogP contribution in [-0.4, -0.2) is 34.8 Å². The summed E-state index contributed by atoms with van der Waals surface area (Å²) in [5.74, 6) is 1.65. The molecule has 1 amide bonds. The lowest BCUT2D eigenvalue weighted by Gasteiger charge is -2.30. The summed E-state index contributed by atoms with van der Waals surface area (Å²) in [5.41, 5.74) is 0. The van der Waals surface area contributed by atoms with E-state index in [1.165, 1.54) is 11.8 Å². The Labute approximate surface area is 112 Å². The highest BCUT2D eigenvalue weighted by molar-refractivity contribution is 8.00. The van der Waals surface area contributed by atoms with Crippen molar-refractivity contribution in [3.8, 4) is 5.75 Å². The number of benzene rings is 1. The topological polar surface area (TPSA) is 40.5 Å². The molecule has 2 rings (SSSR count). The number of thioether (sulfide) groups is 1. The van der Waals surface area contributed by atoms with Crippen LogP contribution in [0.25, 0.3) is 0 Å². The predicted molar refractivity (Wildman–Crippen MR) is 73.8 cm³/mol. The highest BCUT2D eigenvalue weighted by Crippen LogP contribution is 2.23. The SMILES string of the molecule is CC1CCN(C(=O)CSc2cccc(O)c2)CC1. The van der Waals surface area contributed by atoms with Crippen LogP contribution in [0.1, 0.15) is 19.8 Å². The molecule has 1 aromatic rings. The predicted octanol–water partition coefficient (Wildman–Crippen LogP) is 2.74. The molecule has 0 aliphatic carbocycles. The smallest absolute Gasteiger partial charge is 0.232 e. The summed E-state index contributed by atoms with van der Waals surface area (Å²) in [5, 5.41) is 9.35. The standard InChI is InChI=1S/C14H19NO2S/c1-11-5-7-15(8-6-11)14(17)10-18-13-4-2-3-12(16)9-13/h2-4,9,11,16H,5-8,10H2,1H3. The van der Waals surface area contributed by atoms with E-state index in [1.54, 1.807) is 18.2 Å². The number of rotatable bonds is 3. The van der Waals surface area contributed by atoms with Gasteiger partial charge in [-0.3, -0.25) is 4.79 Å². The third-order valence-electron chi connectivity index (χ3n) is 3.32. The third kappa shape index (κ3) is 3.67. The van der Waals surface area contributed by atoms with Gasteiger partial charge < -0.3 is 10.0 Å². The summed E-state index contributed by atoms with van der Waals surface area (Å²) in [6.07, 6.45) is 2.23. The van der Waals surface area contributed by atoms with Gasteiger partial charge in [-0.05, 0) is 37.0 Å². The molecule has 0 unspecified atom stereocenters. The van der Waals surface area contributed by atoms with Crippen molar-refractivity contribution in [1.82, 2.24) is 4.90 Å². The highest BCUT2D eigenvalue weighted by Gasteiger charge is 2.19. The van der Waals surface area contributed by atoms with Gasteiger partial charge in [0.15, 0.2) is 0 Å². The number of likely N-dealkylation sites (tertiary alicyclic amines) is 1. The van der Waals surface area contributed by atoms with E-state index in [2.05, 4.69) is 6.92 Å².